The number of alkyl halides is 1. The Hall–Kier alpha value is -3.00. The van der Waals surface area contributed by atoms with Gasteiger partial charge in [0.15, 0.2) is 11.5 Å². The standard InChI is InChI=1S/C26H28F3NO4/c1-15-9-17-12-21-22(34-8-7-33-21)13-18(17)25(30(15)14-26(2,3)29)24-19(27)10-16(11-20(24)28)5-6-23(31)32-4/h5-6,10-13,15,25H,7-9,14H2,1-4H3/b6-5+/t15-,25+/m0/s1. The van der Waals surface area contributed by atoms with E-state index >= 15 is 8.78 Å². The number of esters is 1. The van der Waals surface area contributed by atoms with Crippen LogP contribution in [-0.4, -0.2) is 49.4 Å². The molecule has 0 aliphatic carbocycles. The normalized spacial score (nSPS) is 20.3. The van der Waals surface area contributed by atoms with Crippen molar-refractivity contribution in [3.05, 3.63) is 64.2 Å². The van der Waals surface area contributed by atoms with E-state index in [9.17, 15) is 9.18 Å². The summed E-state index contributed by atoms with van der Waals surface area (Å²) in [6.45, 7) is 5.60. The lowest BCUT2D eigenvalue weighted by Gasteiger charge is -2.44. The highest BCUT2D eigenvalue weighted by atomic mass is 19.1. The molecule has 0 saturated heterocycles. The SMILES string of the molecule is COC(=O)/C=C/c1cc(F)c([C@H]2c3cc4c(cc3C[C@H](C)N2CC(C)(C)F)OCCO4)c(F)c1. The van der Waals surface area contributed by atoms with Gasteiger partial charge in [0.25, 0.3) is 0 Å². The highest BCUT2D eigenvalue weighted by Crippen LogP contribution is 2.45. The van der Waals surface area contributed by atoms with Crippen molar-refractivity contribution in [3.8, 4) is 11.5 Å². The number of rotatable bonds is 5. The molecule has 2 heterocycles. The van der Waals surface area contributed by atoms with Gasteiger partial charge in [-0.3, -0.25) is 4.90 Å². The van der Waals surface area contributed by atoms with Crippen molar-refractivity contribution >= 4 is 12.0 Å². The Morgan fingerprint density at radius 3 is 2.35 bits per heavy atom. The van der Waals surface area contributed by atoms with Gasteiger partial charge in [-0.15, -0.1) is 0 Å². The molecular formula is C26H28F3NO4. The predicted octanol–water partition coefficient (Wildman–Crippen LogP) is 5.01. The van der Waals surface area contributed by atoms with Crippen LogP contribution < -0.4 is 9.47 Å². The summed E-state index contributed by atoms with van der Waals surface area (Å²) in [5.41, 5.74) is -0.0596. The lowest BCUT2D eigenvalue weighted by molar-refractivity contribution is -0.134. The van der Waals surface area contributed by atoms with E-state index in [1.54, 1.807) is 11.0 Å². The Kier molecular flexibility index (Phi) is 6.62. The van der Waals surface area contributed by atoms with E-state index in [-0.39, 0.29) is 23.7 Å². The van der Waals surface area contributed by atoms with Crippen molar-refractivity contribution in [1.82, 2.24) is 4.90 Å². The van der Waals surface area contributed by atoms with Crippen LogP contribution in [0.2, 0.25) is 0 Å². The zero-order chi connectivity index (χ0) is 24.6. The molecule has 0 saturated carbocycles. The molecule has 4 rings (SSSR count). The maximum Gasteiger partial charge on any atom is 0.330 e. The van der Waals surface area contributed by atoms with Gasteiger partial charge in [0.05, 0.1) is 13.2 Å². The second-order valence-corrected chi connectivity index (χ2v) is 9.30. The summed E-state index contributed by atoms with van der Waals surface area (Å²) in [6, 6.07) is 4.87. The van der Waals surface area contributed by atoms with Gasteiger partial charge in [0, 0.05) is 24.2 Å². The van der Waals surface area contributed by atoms with Crippen molar-refractivity contribution in [2.24, 2.45) is 0 Å². The monoisotopic (exact) mass is 475 g/mol. The first-order valence-electron chi connectivity index (χ1n) is 11.2. The topological polar surface area (TPSA) is 48.0 Å². The van der Waals surface area contributed by atoms with Gasteiger partial charge >= 0.3 is 5.97 Å². The van der Waals surface area contributed by atoms with E-state index in [1.807, 2.05) is 13.0 Å². The summed E-state index contributed by atoms with van der Waals surface area (Å²) in [6.07, 6.45) is 2.94. The van der Waals surface area contributed by atoms with E-state index in [0.717, 1.165) is 23.8 Å². The molecule has 0 bridgehead atoms. The number of carbonyl (C=O) groups excluding carboxylic acids is 1. The molecule has 2 aliphatic heterocycles. The van der Waals surface area contributed by atoms with E-state index in [1.165, 1.54) is 27.0 Å². The number of halogens is 3. The molecule has 0 unspecified atom stereocenters. The van der Waals surface area contributed by atoms with Crippen molar-refractivity contribution in [1.29, 1.82) is 0 Å². The molecule has 8 heteroatoms. The van der Waals surface area contributed by atoms with Crippen molar-refractivity contribution in [3.63, 3.8) is 0 Å². The molecule has 2 aromatic carbocycles. The lowest BCUT2D eigenvalue weighted by Crippen LogP contribution is -2.48. The minimum atomic E-state index is -1.59. The third-order valence-corrected chi connectivity index (χ3v) is 6.06. The smallest absolute Gasteiger partial charge is 0.330 e. The zero-order valence-electron chi connectivity index (χ0n) is 19.7. The minimum absolute atomic E-state index is 0.0183. The summed E-state index contributed by atoms with van der Waals surface area (Å²) in [5, 5.41) is 0. The van der Waals surface area contributed by atoms with Crippen LogP contribution in [0.1, 0.15) is 49.1 Å². The number of benzene rings is 2. The average molecular weight is 476 g/mol. The quantitative estimate of drug-likeness (QED) is 0.450. The molecule has 2 atom stereocenters. The molecule has 34 heavy (non-hydrogen) atoms. The van der Waals surface area contributed by atoms with Gasteiger partial charge in [-0.25, -0.2) is 18.0 Å². The van der Waals surface area contributed by atoms with Gasteiger partial charge in [-0.2, -0.15) is 0 Å². The molecule has 2 aromatic rings. The maximum atomic E-state index is 15.5. The first-order chi connectivity index (χ1) is 16.1. The van der Waals surface area contributed by atoms with Crippen molar-refractivity contribution in [2.75, 3.05) is 26.9 Å². The van der Waals surface area contributed by atoms with Crippen molar-refractivity contribution in [2.45, 2.75) is 44.9 Å². The van der Waals surface area contributed by atoms with Gasteiger partial charge < -0.3 is 14.2 Å². The van der Waals surface area contributed by atoms with Crippen LogP contribution in [0.4, 0.5) is 13.2 Å². The molecule has 2 aliphatic rings. The molecular weight excluding hydrogens is 447 g/mol. The minimum Gasteiger partial charge on any atom is -0.486 e. The van der Waals surface area contributed by atoms with Crippen LogP contribution in [-0.2, 0) is 16.0 Å². The predicted molar refractivity (Wildman–Crippen MR) is 122 cm³/mol. The van der Waals surface area contributed by atoms with Crippen molar-refractivity contribution < 1.29 is 32.2 Å². The first-order valence-corrected chi connectivity index (χ1v) is 11.2. The third kappa shape index (κ3) is 4.92. The maximum absolute atomic E-state index is 15.5. The molecule has 182 valence electrons. The van der Waals surface area contributed by atoms with E-state index in [0.29, 0.717) is 36.7 Å². The second-order valence-electron chi connectivity index (χ2n) is 9.30. The number of ether oxygens (including phenoxy) is 3. The van der Waals surface area contributed by atoms with Crippen LogP contribution in [0.5, 0.6) is 11.5 Å². The van der Waals surface area contributed by atoms with Crippen LogP contribution in [0, 0.1) is 11.6 Å². The lowest BCUT2D eigenvalue weighted by atomic mass is 9.83. The largest absolute Gasteiger partial charge is 0.486 e. The summed E-state index contributed by atoms with van der Waals surface area (Å²) in [4.78, 5) is 13.2. The molecule has 0 N–H and O–H groups in total. The highest BCUT2D eigenvalue weighted by molar-refractivity contribution is 5.86. The summed E-state index contributed by atoms with van der Waals surface area (Å²) in [7, 11) is 1.22. The fourth-order valence-corrected chi connectivity index (χ4v) is 4.64. The Balaban J connectivity index is 1.86. The van der Waals surface area contributed by atoms with E-state index < -0.39 is 29.3 Å². The Morgan fingerprint density at radius 1 is 1.15 bits per heavy atom. The summed E-state index contributed by atoms with van der Waals surface area (Å²) in [5.74, 6) is -1.11. The number of fused-ring (bicyclic) bond motifs is 2. The van der Waals surface area contributed by atoms with E-state index in [2.05, 4.69) is 4.74 Å². The van der Waals surface area contributed by atoms with Gasteiger partial charge in [-0.1, -0.05) is 0 Å². The molecule has 0 radical (unpaired) electrons. The Bertz CT molecular complexity index is 1100. The molecule has 0 amide bonds. The fourth-order valence-electron chi connectivity index (χ4n) is 4.64. The zero-order valence-corrected chi connectivity index (χ0v) is 19.7. The number of methoxy groups -OCH3 is 1. The van der Waals surface area contributed by atoms with Crippen LogP contribution in [0.15, 0.2) is 30.3 Å². The molecule has 0 spiro atoms. The molecule has 5 nitrogen and oxygen atoms in total. The van der Waals surface area contributed by atoms with Gasteiger partial charge in [-0.05, 0) is 74.2 Å². The van der Waals surface area contributed by atoms with Crippen LogP contribution in [0.3, 0.4) is 0 Å². The number of carbonyl (C=O) groups is 1. The van der Waals surface area contributed by atoms with Gasteiger partial charge in [0.2, 0.25) is 0 Å². The average Bonchev–Trinajstić information content (AvgIpc) is 2.77. The second kappa shape index (κ2) is 9.33. The number of hydrogen-bond donors (Lipinski definition) is 0. The number of nitrogens with zero attached hydrogens (tertiary/aromatic N) is 1. The van der Waals surface area contributed by atoms with E-state index in [4.69, 9.17) is 9.47 Å². The summed E-state index contributed by atoms with van der Waals surface area (Å²) >= 11 is 0. The van der Waals surface area contributed by atoms with Crippen LogP contribution >= 0.6 is 0 Å². The van der Waals surface area contributed by atoms with Crippen LogP contribution in [0.25, 0.3) is 6.08 Å². The Morgan fingerprint density at radius 2 is 1.76 bits per heavy atom. The Labute approximate surface area is 197 Å². The fraction of sp³-hybridized carbons (Fsp3) is 0.423. The van der Waals surface area contributed by atoms with Gasteiger partial charge in [0.1, 0.15) is 30.5 Å². The first kappa shape index (κ1) is 24.1. The summed E-state index contributed by atoms with van der Waals surface area (Å²) < 4.78 is 61.8. The highest BCUT2D eigenvalue weighted by Gasteiger charge is 2.40. The molecule has 0 aromatic heterocycles. The molecule has 0 fully saturated rings. The number of hydrogen-bond acceptors (Lipinski definition) is 5. The third-order valence-electron chi connectivity index (χ3n) is 6.06.